The van der Waals surface area contributed by atoms with E-state index in [0.717, 1.165) is 0 Å². The Balaban J connectivity index is 2.94. The van der Waals surface area contributed by atoms with E-state index >= 15 is 0 Å². The van der Waals surface area contributed by atoms with Crippen LogP contribution in [0.15, 0.2) is 23.0 Å². The molecule has 0 radical (unpaired) electrons. The molecule has 0 aliphatic carbocycles. The number of anilines is 1. The van der Waals surface area contributed by atoms with Crippen molar-refractivity contribution >= 4 is 28.3 Å². The quantitative estimate of drug-likeness (QED) is 0.620. The number of nitrogen functional groups attached to an aromatic ring is 1. The molecule has 0 bridgehead atoms. The molecule has 0 atom stereocenters. The molecule has 0 spiro atoms. The normalized spacial score (nSPS) is 10.5. The number of nitrogens with two attached hydrogens (primary N) is 1. The molecule has 0 saturated heterocycles. The molecule has 2 aromatic rings. The van der Waals surface area contributed by atoms with Gasteiger partial charge in [0, 0.05) is 11.5 Å². The summed E-state index contributed by atoms with van der Waals surface area (Å²) in [6, 6.07) is 4.58. The first-order chi connectivity index (χ1) is 6.16. The first kappa shape index (κ1) is 8.07. The molecule has 13 heavy (non-hydrogen) atoms. The Morgan fingerprint density at radius 2 is 2.23 bits per heavy atom. The molecule has 0 amide bonds. The van der Waals surface area contributed by atoms with Crippen molar-refractivity contribution in [2.45, 2.75) is 0 Å². The van der Waals surface area contributed by atoms with Crippen LogP contribution in [0.3, 0.4) is 0 Å². The van der Waals surface area contributed by atoms with Crippen LogP contribution in [0.5, 0.6) is 0 Å². The lowest BCUT2D eigenvalue weighted by Crippen LogP contribution is -2.04. The van der Waals surface area contributed by atoms with E-state index in [4.69, 9.17) is 17.3 Å². The van der Waals surface area contributed by atoms with Crippen LogP contribution >= 0.6 is 11.6 Å². The molecule has 5 heteroatoms. The lowest BCUT2D eigenvalue weighted by Gasteiger charge is -2.00. The van der Waals surface area contributed by atoms with E-state index in [9.17, 15) is 4.79 Å². The molecule has 2 heterocycles. The molecule has 0 aliphatic rings. The first-order valence-corrected chi connectivity index (χ1v) is 3.99. The number of hydrogen-bond donors (Lipinski definition) is 2. The van der Waals surface area contributed by atoms with Gasteiger partial charge in [-0.1, -0.05) is 11.6 Å². The zero-order valence-electron chi connectivity index (χ0n) is 6.54. The van der Waals surface area contributed by atoms with Crippen LogP contribution in [0.1, 0.15) is 0 Å². The molecule has 2 rings (SSSR count). The number of fused-ring (bicyclic) bond motifs is 1. The Hall–Kier alpha value is -1.55. The van der Waals surface area contributed by atoms with Crippen LogP contribution in [-0.4, -0.2) is 9.97 Å². The average molecular weight is 196 g/mol. The fourth-order valence-corrected chi connectivity index (χ4v) is 1.35. The molecule has 0 fully saturated rings. The first-order valence-electron chi connectivity index (χ1n) is 3.62. The second-order valence-corrected chi connectivity index (χ2v) is 3.00. The van der Waals surface area contributed by atoms with Gasteiger partial charge in [-0.3, -0.25) is 4.79 Å². The fraction of sp³-hybridized carbons (Fsp3) is 0. The third kappa shape index (κ3) is 1.36. The molecule has 0 aliphatic heterocycles. The van der Waals surface area contributed by atoms with E-state index in [2.05, 4.69) is 9.97 Å². The number of H-pyrrole nitrogens is 1. The van der Waals surface area contributed by atoms with Crippen molar-refractivity contribution in [2.24, 2.45) is 0 Å². The molecule has 0 unspecified atom stereocenters. The lowest BCUT2D eigenvalue weighted by molar-refractivity contribution is 1.28. The Kier molecular flexibility index (Phi) is 1.70. The van der Waals surface area contributed by atoms with Crippen LogP contribution < -0.4 is 11.3 Å². The van der Waals surface area contributed by atoms with Crippen LogP contribution in [0.4, 0.5) is 5.82 Å². The van der Waals surface area contributed by atoms with Crippen molar-refractivity contribution in [3.05, 3.63) is 33.7 Å². The Morgan fingerprint density at radius 3 is 3.00 bits per heavy atom. The van der Waals surface area contributed by atoms with Gasteiger partial charge >= 0.3 is 0 Å². The second kappa shape index (κ2) is 2.74. The third-order valence-electron chi connectivity index (χ3n) is 1.72. The van der Waals surface area contributed by atoms with Crippen molar-refractivity contribution < 1.29 is 0 Å². The van der Waals surface area contributed by atoms with Gasteiger partial charge in [-0.25, -0.2) is 4.98 Å². The molecule has 4 nitrogen and oxygen atoms in total. The van der Waals surface area contributed by atoms with Gasteiger partial charge in [-0.2, -0.15) is 0 Å². The Morgan fingerprint density at radius 1 is 1.46 bits per heavy atom. The minimum absolute atomic E-state index is 0.186. The smallest absolute Gasteiger partial charge is 0.248 e. The number of nitrogens with one attached hydrogen (secondary N) is 1. The van der Waals surface area contributed by atoms with E-state index in [-0.39, 0.29) is 10.7 Å². The van der Waals surface area contributed by atoms with Crippen molar-refractivity contribution in [2.75, 3.05) is 5.73 Å². The van der Waals surface area contributed by atoms with E-state index in [1.165, 1.54) is 6.07 Å². The zero-order valence-corrected chi connectivity index (χ0v) is 7.30. The summed E-state index contributed by atoms with van der Waals surface area (Å²) in [6.07, 6.45) is 0. The van der Waals surface area contributed by atoms with Gasteiger partial charge < -0.3 is 10.7 Å². The second-order valence-electron chi connectivity index (χ2n) is 2.61. The van der Waals surface area contributed by atoms with Gasteiger partial charge in [-0.15, -0.1) is 0 Å². The maximum atomic E-state index is 10.9. The Labute approximate surface area is 78.4 Å². The summed E-state index contributed by atoms with van der Waals surface area (Å²) in [7, 11) is 0. The summed E-state index contributed by atoms with van der Waals surface area (Å²) in [4.78, 5) is 17.4. The summed E-state index contributed by atoms with van der Waals surface area (Å²) in [5, 5.41) is 0.968. The summed E-state index contributed by atoms with van der Waals surface area (Å²) in [5.74, 6) is 0.318. The maximum Gasteiger partial charge on any atom is 0.248 e. The summed E-state index contributed by atoms with van der Waals surface area (Å²) in [6.45, 7) is 0. The minimum atomic E-state index is -0.186. The predicted octanol–water partition coefficient (Wildman–Crippen LogP) is 1.16. The summed E-state index contributed by atoms with van der Waals surface area (Å²) < 4.78 is 0. The van der Waals surface area contributed by atoms with Crippen molar-refractivity contribution in [1.82, 2.24) is 9.97 Å². The monoisotopic (exact) mass is 195 g/mol. The number of hydrogen-bond acceptors (Lipinski definition) is 3. The van der Waals surface area contributed by atoms with Crippen LogP contribution in [0.2, 0.25) is 5.15 Å². The van der Waals surface area contributed by atoms with E-state index in [0.29, 0.717) is 16.7 Å². The van der Waals surface area contributed by atoms with Gasteiger partial charge in [0.05, 0.1) is 5.52 Å². The SMILES string of the molecule is Nc1nc(Cl)cc2[nH]c(=O)ccc12. The zero-order chi connectivity index (χ0) is 9.42. The number of rotatable bonds is 0. The van der Waals surface area contributed by atoms with Crippen LogP contribution in [0, 0.1) is 0 Å². The number of pyridine rings is 2. The van der Waals surface area contributed by atoms with Crippen molar-refractivity contribution in [3.8, 4) is 0 Å². The summed E-state index contributed by atoms with van der Waals surface area (Å²) >= 11 is 5.66. The van der Waals surface area contributed by atoms with Gasteiger partial charge in [0.15, 0.2) is 0 Å². The van der Waals surface area contributed by atoms with Crippen molar-refractivity contribution in [3.63, 3.8) is 0 Å². The van der Waals surface area contributed by atoms with E-state index in [1.54, 1.807) is 12.1 Å². The van der Waals surface area contributed by atoms with Gasteiger partial charge in [0.1, 0.15) is 11.0 Å². The fourth-order valence-electron chi connectivity index (χ4n) is 1.15. The van der Waals surface area contributed by atoms with Crippen molar-refractivity contribution in [1.29, 1.82) is 0 Å². The van der Waals surface area contributed by atoms with Crippen LogP contribution in [-0.2, 0) is 0 Å². The number of aromatic nitrogens is 2. The Bertz CT molecular complexity index is 520. The molecule has 3 N–H and O–H groups in total. The standard InChI is InChI=1S/C8H6ClN3O/c9-6-3-5-4(8(10)12-6)1-2-7(13)11-5/h1-3H,(H2,10,12)(H,11,13). The van der Waals surface area contributed by atoms with Gasteiger partial charge in [-0.05, 0) is 12.1 Å². The molecule has 2 aromatic heterocycles. The highest BCUT2D eigenvalue weighted by molar-refractivity contribution is 6.30. The highest BCUT2D eigenvalue weighted by Gasteiger charge is 2.01. The largest absolute Gasteiger partial charge is 0.383 e. The van der Waals surface area contributed by atoms with E-state index in [1.807, 2.05) is 0 Å². The number of nitrogens with zero attached hydrogens (tertiary/aromatic N) is 1. The molecule has 66 valence electrons. The van der Waals surface area contributed by atoms with Gasteiger partial charge in [0.25, 0.3) is 0 Å². The predicted molar refractivity (Wildman–Crippen MR) is 51.8 cm³/mol. The highest BCUT2D eigenvalue weighted by Crippen LogP contribution is 2.18. The van der Waals surface area contributed by atoms with Crippen LogP contribution in [0.25, 0.3) is 10.9 Å². The minimum Gasteiger partial charge on any atom is -0.383 e. The summed E-state index contributed by atoms with van der Waals surface area (Å²) in [5.41, 5.74) is 6.01. The molecular weight excluding hydrogens is 190 g/mol. The van der Waals surface area contributed by atoms with Gasteiger partial charge in [0.2, 0.25) is 5.56 Å². The molecular formula is C8H6ClN3O. The van der Waals surface area contributed by atoms with E-state index < -0.39 is 0 Å². The maximum absolute atomic E-state index is 10.9. The molecule has 0 aromatic carbocycles. The topological polar surface area (TPSA) is 71.8 Å². The highest BCUT2D eigenvalue weighted by atomic mass is 35.5. The average Bonchev–Trinajstić information content (AvgIpc) is 2.02. The molecule has 0 saturated carbocycles. The number of halogens is 1. The third-order valence-corrected chi connectivity index (χ3v) is 1.91. The number of aromatic amines is 1. The lowest BCUT2D eigenvalue weighted by atomic mass is 10.2.